The second-order valence-electron chi connectivity index (χ2n) is 4.20. The van der Waals surface area contributed by atoms with E-state index in [2.05, 4.69) is 32.0 Å². The summed E-state index contributed by atoms with van der Waals surface area (Å²) < 4.78 is 0.935. The van der Waals surface area contributed by atoms with Crippen LogP contribution in [0, 0.1) is 0 Å². The van der Waals surface area contributed by atoms with Gasteiger partial charge in [0, 0.05) is 15.9 Å². The van der Waals surface area contributed by atoms with Crippen LogP contribution in [0.4, 0.5) is 5.69 Å². The Bertz CT molecular complexity index is 691. The molecule has 1 heterocycles. The first-order chi connectivity index (χ1) is 9.22. The minimum atomic E-state index is 0.766. The zero-order valence-electron chi connectivity index (χ0n) is 10.1. The van der Waals surface area contributed by atoms with Crippen molar-refractivity contribution >= 4 is 44.4 Å². The molecule has 0 aliphatic heterocycles. The van der Waals surface area contributed by atoms with Gasteiger partial charge in [-0.05, 0) is 45.8 Å². The molecule has 19 heavy (non-hydrogen) atoms. The standard InChI is InChI=1S/C14H12BrN3S/c15-10-6-5-9(7-11(10)16)8-19-14-17-12-3-1-2-4-13(12)18-14/h1-7H,8,16H2,(H,17,18). The number of halogens is 1. The number of thioether (sulfide) groups is 1. The van der Waals surface area contributed by atoms with Crippen molar-refractivity contribution in [3.8, 4) is 0 Å². The molecule has 2 aromatic carbocycles. The zero-order chi connectivity index (χ0) is 13.2. The summed E-state index contributed by atoms with van der Waals surface area (Å²) in [5, 5.41) is 0.933. The maximum absolute atomic E-state index is 5.87. The van der Waals surface area contributed by atoms with E-state index in [1.165, 1.54) is 5.56 Å². The summed E-state index contributed by atoms with van der Waals surface area (Å²) in [6.07, 6.45) is 0. The van der Waals surface area contributed by atoms with Gasteiger partial charge in [0.1, 0.15) is 0 Å². The lowest BCUT2D eigenvalue weighted by Gasteiger charge is -2.02. The highest BCUT2D eigenvalue weighted by atomic mass is 79.9. The summed E-state index contributed by atoms with van der Waals surface area (Å²) in [4.78, 5) is 7.84. The average Bonchev–Trinajstić information content (AvgIpc) is 2.83. The Balaban J connectivity index is 1.76. The van der Waals surface area contributed by atoms with E-state index in [9.17, 15) is 0 Å². The molecule has 0 unspecified atom stereocenters. The summed E-state index contributed by atoms with van der Waals surface area (Å²) in [6.45, 7) is 0. The van der Waals surface area contributed by atoms with Gasteiger partial charge in [0.05, 0.1) is 11.0 Å². The first kappa shape index (κ1) is 12.6. The SMILES string of the molecule is Nc1cc(CSc2nc3ccccc3[nH]2)ccc1Br. The first-order valence-electron chi connectivity index (χ1n) is 5.84. The van der Waals surface area contributed by atoms with Crippen molar-refractivity contribution in [2.24, 2.45) is 0 Å². The summed E-state index contributed by atoms with van der Waals surface area (Å²) >= 11 is 5.07. The molecule has 0 saturated carbocycles. The van der Waals surface area contributed by atoms with Gasteiger partial charge in [-0.1, -0.05) is 30.0 Å². The molecule has 0 fully saturated rings. The van der Waals surface area contributed by atoms with Gasteiger partial charge in [-0.25, -0.2) is 4.98 Å². The molecule has 0 radical (unpaired) electrons. The molecule has 3 rings (SSSR count). The summed E-state index contributed by atoms with van der Waals surface area (Å²) in [5.41, 5.74) is 9.89. The molecule has 3 N–H and O–H groups in total. The quantitative estimate of drug-likeness (QED) is 0.557. The monoisotopic (exact) mass is 333 g/mol. The predicted molar refractivity (Wildman–Crippen MR) is 84.2 cm³/mol. The number of rotatable bonds is 3. The number of hydrogen-bond acceptors (Lipinski definition) is 3. The number of benzene rings is 2. The Labute approximate surface area is 123 Å². The van der Waals surface area contributed by atoms with E-state index in [0.29, 0.717) is 0 Å². The van der Waals surface area contributed by atoms with Crippen LogP contribution in [0.2, 0.25) is 0 Å². The molecule has 0 bridgehead atoms. The second kappa shape index (κ2) is 5.27. The van der Waals surface area contributed by atoms with Gasteiger partial charge in [0.2, 0.25) is 0 Å². The van der Waals surface area contributed by atoms with Crippen LogP contribution >= 0.6 is 27.7 Å². The lowest BCUT2D eigenvalue weighted by Crippen LogP contribution is -1.89. The van der Waals surface area contributed by atoms with Crippen molar-refractivity contribution in [3.05, 3.63) is 52.5 Å². The Morgan fingerprint density at radius 2 is 2.05 bits per heavy atom. The molecule has 1 aromatic heterocycles. The Kier molecular flexibility index (Phi) is 3.48. The Hall–Kier alpha value is -1.46. The van der Waals surface area contributed by atoms with Crippen LogP contribution in [-0.2, 0) is 5.75 Å². The minimum Gasteiger partial charge on any atom is -0.398 e. The number of aromatic amines is 1. The number of nitrogens with zero attached hydrogens (tertiary/aromatic N) is 1. The smallest absolute Gasteiger partial charge is 0.166 e. The molecular formula is C14H12BrN3S. The van der Waals surface area contributed by atoms with E-state index in [1.807, 2.05) is 36.4 Å². The van der Waals surface area contributed by atoms with E-state index in [0.717, 1.165) is 32.1 Å². The van der Waals surface area contributed by atoms with Crippen molar-refractivity contribution < 1.29 is 0 Å². The van der Waals surface area contributed by atoms with Crippen LogP contribution < -0.4 is 5.73 Å². The molecule has 5 heteroatoms. The van der Waals surface area contributed by atoms with Gasteiger partial charge < -0.3 is 10.7 Å². The summed E-state index contributed by atoms with van der Waals surface area (Å²) in [6, 6.07) is 14.1. The highest BCUT2D eigenvalue weighted by Crippen LogP contribution is 2.26. The number of fused-ring (bicyclic) bond motifs is 1. The van der Waals surface area contributed by atoms with Crippen molar-refractivity contribution in [2.75, 3.05) is 5.73 Å². The maximum Gasteiger partial charge on any atom is 0.166 e. The number of H-pyrrole nitrogens is 1. The molecule has 0 spiro atoms. The van der Waals surface area contributed by atoms with Crippen molar-refractivity contribution in [2.45, 2.75) is 10.9 Å². The van der Waals surface area contributed by atoms with Crippen LogP contribution in [0.3, 0.4) is 0 Å². The number of nitrogen functional groups attached to an aromatic ring is 1. The highest BCUT2D eigenvalue weighted by Gasteiger charge is 2.04. The number of hydrogen-bond donors (Lipinski definition) is 2. The van der Waals surface area contributed by atoms with Gasteiger partial charge >= 0.3 is 0 Å². The van der Waals surface area contributed by atoms with Gasteiger partial charge in [0.25, 0.3) is 0 Å². The fraction of sp³-hybridized carbons (Fsp3) is 0.0714. The van der Waals surface area contributed by atoms with Crippen LogP contribution in [0.15, 0.2) is 52.1 Å². The largest absolute Gasteiger partial charge is 0.398 e. The summed E-state index contributed by atoms with van der Waals surface area (Å²) in [7, 11) is 0. The van der Waals surface area contributed by atoms with Crippen molar-refractivity contribution in [1.29, 1.82) is 0 Å². The van der Waals surface area contributed by atoms with Crippen LogP contribution in [0.1, 0.15) is 5.56 Å². The van der Waals surface area contributed by atoms with Gasteiger partial charge in [-0.3, -0.25) is 0 Å². The molecule has 3 nitrogen and oxygen atoms in total. The predicted octanol–water partition coefficient (Wildman–Crippen LogP) is 4.20. The van der Waals surface area contributed by atoms with E-state index < -0.39 is 0 Å². The number of nitrogens with two attached hydrogens (primary N) is 1. The maximum atomic E-state index is 5.87. The van der Waals surface area contributed by atoms with Crippen molar-refractivity contribution in [1.82, 2.24) is 9.97 Å². The lowest BCUT2D eigenvalue weighted by molar-refractivity contribution is 1.08. The van der Waals surface area contributed by atoms with Crippen LogP contribution in [0.25, 0.3) is 11.0 Å². The van der Waals surface area contributed by atoms with E-state index in [4.69, 9.17) is 5.73 Å². The molecular weight excluding hydrogens is 322 g/mol. The van der Waals surface area contributed by atoms with E-state index in [-0.39, 0.29) is 0 Å². The molecule has 0 saturated heterocycles. The highest BCUT2D eigenvalue weighted by molar-refractivity contribution is 9.10. The second-order valence-corrected chi connectivity index (χ2v) is 6.02. The number of nitrogens with one attached hydrogen (secondary N) is 1. The van der Waals surface area contributed by atoms with Gasteiger partial charge in [-0.2, -0.15) is 0 Å². The normalized spacial score (nSPS) is 11.0. The topological polar surface area (TPSA) is 54.7 Å². The average molecular weight is 334 g/mol. The Morgan fingerprint density at radius 1 is 1.21 bits per heavy atom. The van der Waals surface area contributed by atoms with Gasteiger partial charge in [0.15, 0.2) is 5.16 Å². The molecule has 0 atom stereocenters. The molecule has 3 aromatic rings. The minimum absolute atomic E-state index is 0.766. The van der Waals surface area contributed by atoms with Crippen LogP contribution in [-0.4, -0.2) is 9.97 Å². The lowest BCUT2D eigenvalue weighted by atomic mass is 10.2. The molecule has 0 aliphatic carbocycles. The Morgan fingerprint density at radius 3 is 2.84 bits per heavy atom. The zero-order valence-corrected chi connectivity index (χ0v) is 12.5. The van der Waals surface area contributed by atoms with E-state index in [1.54, 1.807) is 11.8 Å². The molecule has 96 valence electrons. The third-order valence-corrected chi connectivity index (χ3v) is 4.47. The third-order valence-electron chi connectivity index (χ3n) is 2.80. The number of anilines is 1. The fourth-order valence-corrected chi connectivity index (χ4v) is 2.91. The number of para-hydroxylation sites is 2. The van der Waals surface area contributed by atoms with Crippen molar-refractivity contribution in [3.63, 3.8) is 0 Å². The van der Waals surface area contributed by atoms with Crippen LogP contribution in [0.5, 0.6) is 0 Å². The number of aromatic nitrogens is 2. The molecule has 0 aliphatic rings. The fourth-order valence-electron chi connectivity index (χ4n) is 1.83. The first-order valence-corrected chi connectivity index (χ1v) is 7.62. The van der Waals surface area contributed by atoms with Gasteiger partial charge in [-0.15, -0.1) is 0 Å². The third kappa shape index (κ3) is 2.77. The number of imidazole rings is 1. The summed E-state index contributed by atoms with van der Waals surface area (Å²) in [5.74, 6) is 0.845. The van der Waals surface area contributed by atoms with E-state index >= 15 is 0 Å². The molecule has 0 amide bonds.